The second kappa shape index (κ2) is 15.3. The van der Waals surface area contributed by atoms with Crippen molar-refractivity contribution in [3.05, 3.63) is 47.7 Å². The highest BCUT2D eigenvalue weighted by atomic mass is 28.3. The molecule has 5 bridgehead atoms. The van der Waals surface area contributed by atoms with Crippen LogP contribution in [0.1, 0.15) is 64.8 Å². The maximum atomic E-state index is 13.9. The lowest BCUT2D eigenvalue weighted by Crippen LogP contribution is -2.61. The van der Waals surface area contributed by atoms with Crippen LogP contribution in [0.4, 0.5) is 0 Å². The second-order valence-electron chi connectivity index (χ2n) is 13.5. The van der Waals surface area contributed by atoms with E-state index in [0.29, 0.717) is 31.7 Å². The molecule has 4 rings (SSSR count). The van der Waals surface area contributed by atoms with E-state index in [-0.39, 0.29) is 24.3 Å². The maximum absolute atomic E-state index is 13.9. The van der Waals surface area contributed by atoms with Crippen LogP contribution in [0.2, 0.25) is 19.1 Å². The number of aromatic nitrogens is 1. The third-order valence-corrected chi connectivity index (χ3v) is 9.94. The first-order valence-electron chi connectivity index (χ1n) is 16.3. The van der Waals surface area contributed by atoms with E-state index < -0.39 is 50.3 Å². The lowest BCUT2D eigenvalue weighted by Gasteiger charge is -2.35. The van der Waals surface area contributed by atoms with E-state index in [1.807, 2.05) is 56.3 Å². The Kier molecular flexibility index (Phi) is 11.7. The van der Waals surface area contributed by atoms with Crippen LogP contribution in [0.3, 0.4) is 0 Å². The largest absolute Gasteiger partial charge is 0.455 e. The number of hydrogen-bond acceptors (Lipinski definition) is 8. The summed E-state index contributed by atoms with van der Waals surface area (Å²) in [6.45, 7) is 14.4. The molecule has 2 aliphatic rings. The first kappa shape index (κ1) is 35.2. The quantitative estimate of drug-likeness (QED) is 0.245. The van der Waals surface area contributed by atoms with E-state index in [4.69, 9.17) is 14.5 Å². The number of fused-ring (bicyclic) bond motifs is 4. The minimum absolute atomic E-state index is 0.137. The van der Waals surface area contributed by atoms with Gasteiger partial charge in [-0.1, -0.05) is 57.3 Å². The summed E-state index contributed by atoms with van der Waals surface area (Å²) in [4.78, 5) is 58.8. The monoisotopic (exact) mass is 651 g/mol. The molecule has 0 radical (unpaired) electrons. The van der Waals surface area contributed by atoms with Crippen LogP contribution in [-0.4, -0.2) is 80.4 Å². The summed E-state index contributed by atoms with van der Waals surface area (Å²) in [5.41, 5.74) is 4.05. The van der Waals surface area contributed by atoms with Gasteiger partial charge < -0.3 is 20.1 Å². The predicted molar refractivity (Wildman–Crippen MR) is 180 cm³/mol. The van der Waals surface area contributed by atoms with Gasteiger partial charge in [-0.3, -0.25) is 24.2 Å². The third-order valence-electron chi connectivity index (χ3n) is 8.55. The fourth-order valence-electron chi connectivity index (χ4n) is 5.42. The number of nitrogens with one attached hydrogen (secondary N) is 3. The molecule has 2 aliphatic heterocycles. The number of carbonyl (C=O) groups is 4. The van der Waals surface area contributed by atoms with Crippen LogP contribution in [0.5, 0.6) is 0 Å². The van der Waals surface area contributed by atoms with Gasteiger partial charge in [-0.25, -0.2) is 10.4 Å². The zero-order valence-electron chi connectivity index (χ0n) is 28.1. The molecule has 3 amide bonds. The summed E-state index contributed by atoms with van der Waals surface area (Å²) in [7, 11) is -0.836. The highest BCUT2D eigenvalue weighted by Crippen LogP contribution is 2.26. The molecule has 1 fully saturated rings. The van der Waals surface area contributed by atoms with Crippen LogP contribution in [0.25, 0.3) is 17.0 Å². The summed E-state index contributed by atoms with van der Waals surface area (Å²) in [6, 6.07) is 8.07. The van der Waals surface area contributed by atoms with E-state index in [1.54, 1.807) is 20.8 Å². The number of ether oxygens (including phenoxy) is 2. The van der Waals surface area contributed by atoms with Crippen molar-refractivity contribution in [1.82, 2.24) is 26.1 Å². The van der Waals surface area contributed by atoms with Crippen LogP contribution in [0.15, 0.2) is 36.4 Å². The van der Waals surface area contributed by atoms with Crippen LogP contribution >= 0.6 is 0 Å². The number of cyclic esters (lactones) is 1. The zero-order chi connectivity index (χ0) is 33.6. The highest BCUT2D eigenvalue weighted by Gasteiger charge is 2.37. The fraction of sp³-hybridized carbons (Fsp3) is 0.559. The van der Waals surface area contributed by atoms with Crippen molar-refractivity contribution in [2.75, 3.05) is 19.8 Å². The minimum Gasteiger partial charge on any atom is -0.455 e. The van der Waals surface area contributed by atoms with Crippen molar-refractivity contribution in [2.45, 2.75) is 90.8 Å². The topological polar surface area (TPSA) is 139 Å². The third kappa shape index (κ3) is 8.80. The predicted octanol–water partition coefficient (Wildman–Crippen LogP) is 3.52. The minimum atomic E-state index is -1.09. The first-order chi connectivity index (χ1) is 21.8. The van der Waals surface area contributed by atoms with E-state index >= 15 is 0 Å². The maximum Gasteiger partial charge on any atom is 0.325 e. The van der Waals surface area contributed by atoms with Crippen molar-refractivity contribution in [2.24, 2.45) is 11.3 Å². The highest BCUT2D eigenvalue weighted by molar-refractivity contribution is 6.55. The number of benzene rings is 1. The Morgan fingerprint density at radius 3 is 2.57 bits per heavy atom. The number of carbonyl (C=O) groups excluding carboxylic acids is 4. The summed E-state index contributed by atoms with van der Waals surface area (Å²) in [6.07, 6.45) is 4.14. The molecule has 12 heteroatoms. The van der Waals surface area contributed by atoms with E-state index in [2.05, 4.69) is 29.2 Å². The number of nitrogens with zero attached hydrogens (tertiary/aromatic N) is 2. The Morgan fingerprint density at radius 2 is 1.85 bits per heavy atom. The van der Waals surface area contributed by atoms with Gasteiger partial charge in [0.05, 0.1) is 23.2 Å². The summed E-state index contributed by atoms with van der Waals surface area (Å²) >= 11 is 0. The van der Waals surface area contributed by atoms with Gasteiger partial charge in [0.2, 0.25) is 11.8 Å². The lowest BCUT2D eigenvalue weighted by molar-refractivity contribution is -0.157. The van der Waals surface area contributed by atoms with E-state index in [0.717, 1.165) is 22.5 Å². The Hall–Kier alpha value is -3.61. The molecular formula is C34H49N5O6Si. The Labute approximate surface area is 273 Å². The van der Waals surface area contributed by atoms with Gasteiger partial charge in [0.25, 0.3) is 5.91 Å². The molecule has 1 aromatic carbocycles. The molecule has 250 valence electrons. The molecule has 1 saturated heterocycles. The first-order valence-corrected chi connectivity index (χ1v) is 19.5. The Balaban J connectivity index is 1.72. The van der Waals surface area contributed by atoms with Crippen molar-refractivity contribution in [3.8, 4) is 0 Å². The SMILES string of the molecule is CC1NC(=O)C(C(C)C)NC(=O)C(C)(COCC[SiH](C)C)C=Cc2ccc3ccc(nc3c2)C(C)OC(=O)C2CCCN(N2)C1=O. The molecule has 3 N–H and O–H groups in total. The number of hydrogen-bond donors (Lipinski definition) is 3. The average Bonchev–Trinajstić information content (AvgIpc) is 3.02. The molecule has 0 saturated carbocycles. The smallest absolute Gasteiger partial charge is 0.325 e. The van der Waals surface area contributed by atoms with Crippen molar-refractivity contribution in [3.63, 3.8) is 0 Å². The van der Waals surface area contributed by atoms with Crippen molar-refractivity contribution >= 4 is 49.5 Å². The van der Waals surface area contributed by atoms with Gasteiger partial charge in [0.1, 0.15) is 24.2 Å². The van der Waals surface area contributed by atoms with E-state index in [1.165, 1.54) is 5.01 Å². The van der Waals surface area contributed by atoms with Gasteiger partial charge in [0, 0.05) is 27.3 Å². The Bertz CT molecular complexity index is 1460. The van der Waals surface area contributed by atoms with Gasteiger partial charge in [-0.05, 0) is 63.3 Å². The van der Waals surface area contributed by atoms with Crippen LogP contribution < -0.4 is 16.1 Å². The molecule has 5 unspecified atom stereocenters. The lowest BCUT2D eigenvalue weighted by atomic mass is 9.88. The molecule has 11 nitrogen and oxygen atoms in total. The average molecular weight is 652 g/mol. The van der Waals surface area contributed by atoms with Gasteiger partial charge in [-0.15, -0.1) is 0 Å². The zero-order valence-corrected chi connectivity index (χ0v) is 29.2. The van der Waals surface area contributed by atoms with Gasteiger partial charge >= 0.3 is 5.97 Å². The second-order valence-corrected chi connectivity index (χ2v) is 16.9. The molecule has 46 heavy (non-hydrogen) atoms. The summed E-state index contributed by atoms with van der Waals surface area (Å²) in [5, 5.41) is 8.02. The molecule has 1 aromatic heterocycles. The molecule has 0 aliphatic carbocycles. The molecule has 0 spiro atoms. The Morgan fingerprint density at radius 1 is 1.11 bits per heavy atom. The number of amides is 3. The van der Waals surface area contributed by atoms with E-state index in [9.17, 15) is 19.2 Å². The molecular weight excluding hydrogens is 602 g/mol. The summed E-state index contributed by atoms with van der Waals surface area (Å²) < 4.78 is 11.8. The number of esters is 1. The number of hydrazine groups is 1. The van der Waals surface area contributed by atoms with Crippen LogP contribution in [0, 0.1) is 11.3 Å². The molecule has 3 heterocycles. The molecule has 2 aromatic rings. The normalized spacial score (nSPS) is 26.8. The number of rotatable bonds is 6. The van der Waals surface area contributed by atoms with Crippen LogP contribution in [-0.2, 0) is 28.7 Å². The molecule has 5 atom stereocenters. The number of pyridine rings is 1. The van der Waals surface area contributed by atoms with Gasteiger partial charge in [0.15, 0.2) is 0 Å². The van der Waals surface area contributed by atoms with Crippen molar-refractivity contribution < 1.29 is 28.7 Å². The standard InChI is InChI=1S/C34H49N5O6Si/c1-21(2)29-30(40)35-22(3)31(41)39-16-8-9-27(38-39)32(42)45-23(4)26-13-12-25-11-10-24(19-28(25)36-26)14-15-34(5,33(43)37-29)20-44-17-18-46(6)7/h10-15,19,21-23,27,29,38,46H,8-9,16-18,20H2,1-7H3,(H,35,40)(H,37,43). The fourth-order valence-corrected chi connectivity index (χ4v) is 6.06. The summed E-state index contributed by atoms with van der Waals surface area (Å²) in [5.74, 6) is -1.95. The van der Waals surface area contributed by atoms with Gasteiger partial charge in [-0.2, -0.15) is 0 Å². The van der Waals surface area contributed by atoms with Crippen molar-refractivity contribution in [1.29, 1.82) is 0 Å².